The largest absolute Gasteiger partial charge is 0.366 e. The van der Waals surface area contributed by atoms with Gasteiger partial charge in [0.1, 0.15) is 5.69 Å². The number of primary sulfonamides is 1. The molecular formula is C20H22N6O2S. The average molecular weight is 411 g/mol. The maximum Gasteiger partial charge on any atom is 0.238 e. The summed E-state index contributed by atoms with van der Waals surface area (Å²) >= 11 is 0. The molecule has 4 N–H and O–H groups in total. The number of rotatable bonds is 7. The lowest BCUT2D eigenvalue weighted by atomic mass is 10.2. The Hall–Kier alpha value is -3.30. The van der Waals surface area contributed by atoms with Crippen LogP contribution in [0.15, 0.2) is 70.7 Å². The predicted octanol–water partition coefficient (Wildman–Crippen LogP) is 3.44. The van der Waals surface area contributed by atoms with E-state index in [1.165, 1.54) is 12.1 Å². The molecule has 0 saturated carbocycles. The minimum absolute atomic E-state index is 0.0386. The van der Waals surface area contributed by atoms with Crippen molar-refractivity contribution in [2.75, 3.05) is 10.6 Å². The van der Waals surface area contributed by atoms with Crippen LogP contribution in [-0.4, -0.2) is 30.6 Å². The summed E-state index contributed by atoms with van der Waals surface area (Å²) in [5.41, 5.74) is 2.21. The van der Waals surface area contributed by atoms with Gasteiger partial charge in [0.15, 0.2) is 5.82 Å². The Balaban J connectivity index is 1.84. The first-order valence-corrected chi connectivity index (χ1v) is 10.5. The number of aromatic nitrogens is 2. The van der Waals surface area contributed by atoms with Crippen LogP contribution in [-0.2, 0) is 10.0 Å². The number of benzene rings is 2. The molecule has 3 aromatic rings. The fraction of sp³-hybridized carbons (Fsp3) is 0.150. The Kier molecular flexibility index (Phi) is 6.20. The summed E-state index contributed by atoms with van der Waals surface area (Å²) in [4.78, 5) is 13.3. The summed E-state index contributed by atoms with van der Waals surface area (Å²) in [6.07, 6.45) is 3.38. The van der Waals surface area contributed by atoms with E-state index in [2.05, 4.69) is 25.6 Å². The summed E-state index contributed by atoms with van der Waals surface area (Å²) < 4.78 is 22.7. The minimum atomic E-state index is -3.73. The Labute approximate surface area is 170 Å². The lowest BCUT2D eigenvalue weighted by Crippen LogP contribution is -2.12. The van der Waals surface area contributed by atoms with Crippen LogP contribution in [0.2, 0.25) is 0 Å². The van der Waals surface area contributed by atoms with E-state index in [4.69, 9.17) is 5.14 Å². The average Bonchev–Trinajstić information content (AvgIpc) is 2.67. The SMILES string of the molecule is CC(C)Nc1nc(Nc2ccc(S(N)(=O)=O)cc2)ncc1N=Cc1ccccc1. The maximum absolute atomic E-state index is 11.4. The maximum atomic E-state index is 11.4. The van der Waals surface area contributed by atoms with Crippen molar-refractivity contribution < 1.29 is 8.42 Å². The van der Waals surface area contributed by atoms with Crippen LogP contribution in [0.4, 0.5) is 23.1 Å². The number of nitrogens with two attached hydrogens (primary N) is 1. The van der Waals surface area contributed by atoms with Gasteiger partial charge < -0.3 is 10.6 Å². The predicted molar refractivity (Wildman–Crippen MR) is 116 cm³/mol. The molecule has 1 heterocycles. The molecule has 0 bridgehead atoms. The lowest BCUT2D eigenvalue weighted by Gasteiger charge is -2.13. The Morgan fingerprint density at radius 1 is 1.07 bits per heavy atom. The summed E-state index contributed by atoms with van der Waals surface area (Å²) in [6, 6.07) is 15.9. The van der Waals surface area contributed by atoms with Gasteiger partial charge in [-0.3, -0.25) is 4.99 Å². The van der Waals surface area contributed by atoms with Crippen LogP contribution in [0.5, 0.6) is 0 Å². The van der Waals surface area contributed by atoms with E-state index in [9.17, 15) is 8.42 Å². The highest BCUT2D eigenvalue weighted by Crippen LogP contribution is 2.25. The molecule has 8 nitrogen and oxygen atoms in total. The van der Waals surface area contributed by atoms with Crippen molar-refractivity contribution in [3.8, 4) is 0 Å². The van der Waals surface area contributed by atoms with Gasteiger partial charge in [-0.25, -0.2) is 18.5 Å². The number of hydrogen-bond acceptors (Lipinski definition) is 7. The first kappa shape index (κ1) is 20.4. The summed E-state index contributed by atoms with van der Waals surface area (Å²) in [5, 5.41) is 11.4. The zero-order chi connectivity index (χ0) is 20.9. The molecule has 0 aliphatic carbocycles. The molecular weight excluding hydrogens is 388 g/mol. The van der Waals surface area contributed by atoms with Crippen LogP contribution in [0.1, 0.15) is 19.4 Å². The van der Waals surface area contributed by atoms with E-state index in [0.29, 0.717) is 23.1 Å². The van der Waals surface area contributed by atoms with Crippen molar-refractivity contribution >= 4 is 39.4 Å². The molecule has 0 saturated heterocycles. The minimum Gasteiger partial charge on any atom is -0.366 e. The van der Waals surface area contributed by atoms with Crippen molar-refractivity contribution in [3.05, 3.63) is 66.4 Å². The molecule has 1 aromatic heterocycles. The van der Waals surface area contributed by atoms with Crippen molar-refractivity contribution in [2.24, 2.45) is 10.1 Å². The number of nitrogens with zero attached hydrogens (tertiary/aromatic N) is 3. The smallest absolute Gasteiger partial charge is 0.238 e. The van der Waals surface area contributed by atoms with Gasteiger partial charge in [0.2, 0.25) is 16.0 Å². The van der Waals surface area contributed by atoms with E-state index in [1.807, 2.05) is 44.2 Å². The standard InChI is InChI=1S/C20H22N6O2S/c1-14(2)24-19-18(22-12-15-6-4-3-5-7-15)13-23-20(26-19)25-16-8-10-17(11-9-16)29(21,27)28/h3-14H,1-2H3,(H2,21,27,28)(H2,23,24,25,26). The molecule has 0 aliphatic rings. The number of nitrogens with one attached hydrogen (secondary N) is 2. The van der Waals surface area contributed by atoms with Crippen LogP contribution >= 0.6 is 0 Å². The van der Waals surface area contributed by atoms with Crippen molar-refractivity contribution in [1.29, 1.82) is 0 Å². The van der Waals surface area contributed by atoms with E-state index in [0.717, 1.165) is 5.56 Å². The summed E-state index contributed by atoms with van der Waals surface area (Å²) in [7, 11) is -3.73. The molecule has 29 heavy (non-hydrogen) atoms. The third-order valence-electron chi connectivity index (χ3n) is 3.79. The normalized spacial score (nSPS) is 11.7. The second-order valence-corrected chi connectivity index (χ2v) is 8.15. The number of aliphatic imine (C=N–C) groups is 1. The quantitative estimate of drug-likeness (QED) is 0.513. The fourth-order valence-electron chi connectivity index (χ4n) is 2.45. The van der Waals surface area contributed by atoms with Gasteiger partial charge in [0.05, 0.1) is 11.1 Å². The Bertz CT molecular complexity index is 1100. The molecule has 0 amide bonds. The number of hydrogen-bond donors (Lipinski definition) is 3. The fourth-order valence-corrected chi connectivity index (χ4v) is 2.97. The van der Waals surface area contributed by atoms with Crippen LogP contribution in [0.25, 0.3) is 0 Å². The van der Waals surface area contributed by atoms with Crippen molar-refractivity contribution in [2.45, 2.75) is 24.8 Å². The third kappa shape index (κ3) is 5.84. The second-order valence-electron chi connectivity index (χ2n) is 6.59. The third-order valence-corrected chi connectivity index (χ3v) is 4.72. The van der Waals surface area contributed by atoms with Gasteiger partial charge in [-0.2, -0.15) is 4.98 Å². The van der Waals surface area contributed by atoms with Crippen LogP contribution in [0, 0.1) is 0 Å². The van der Waals surface area contributed by atoms with E-state index in [1.54, 1.807) is 24.5 Å². The highest BCUT2D eigenvalue weighted by atomic mass is 32.2. The highest BCUT2D eigenvalue weighted by molar-refractivity contribution is 7.89. The first-order chi connectivity index (χ1) is 13.8. The van der Waals surface area contributed by atoms with Gasteiger partial charge in [-0.15, -0.1) is 0 Å². The molecule has 0 aliphatic heterocycles. The molecule has 0 fully saturated rings. The molecule has 0 unspecified atom stereocenters. The first-order valence-electron chi connectivity index (χ1n) is 8.94. The van der Waals surface area contributed by atoms with Gasteiger partial charge in [-0.05, 0) is 43.7 Å². The molecule has 0 radical (unpaired) electrons. The lowest BCUT2D eigenvalue weighted by molar-refractivity contribution is 0.598. The second kappa shape index (κ2) is 8.80. The van der Waals surface area contributed by atoms with Gasteiger partial charge in [0.25, 0.3) is 0 Å². The Morgan fingerprint density at radius 3 is 2.38 bits per heavy atom. The molecule has 150 valence electrons. The Morgan fingerprint density at radius 2 is 1.76 bits per heavy atom. The van der Waals surface area contributed by atoms with Gasteiger partial charge in [0, 0.05) is 17.9 Å². The summed E-state index contributed by atoms with van der Waals surface area (Å²) in [5.74, 6) is 0.945. The molecule has 3 rings (SSSR count). The topological polar surface area (TPSA) is 122 Å². The summed E-state index contributed by atoms with van der Waals surface area (Å²) in [6.45, 7) is 4.01. The van der Waals surface area contributed by atoms with E-state index in [-0.39, 0.29) is 10.9 Å². The zero-order valence-corrected chi connectivity index (χ0v) is 16.9. The molecule has 0 atom stereocenters. The highest BCUT2D eigenvalue weighted by Gasteiger charge is 2.10. The molecule has 2 aromatic carbocycles. The van der Waals surface area contributed by atoms with Crippen LogP contribution in [0.3, 0.4) is 0 Å². The van der Waals surface area contributed by atoms with E-state index >= 15 is 0 Å². The van der Waals surface area contributed by atoms with Gasteiger partial charge >= 0.3 is 0 Å². The van der Waals surface area contributed by atoms with Gasteiger partial charge in [-0.1, -0.05) is 30.3 Å². The molecule has 9 heteroatoms. The van der Waals surface area contributed by atoms with Crippen molar-refractivity contribution in [1.82, 2.24) is 9.97 Å². The van der Waals surface area contributed by atoms with Crippen molar-refractivity contribution in [3.63, 3.8) is 0 Å². The monoisotopic (exact) mass is 410 g/mol. The van der Waals surface area contributed by atoms with Crippen LogP contribution < -0.4 is 15.8 Å². The number of anilines is 3. The zero-order valence-electron chi connectivity index (χ0n) is 16.1. The van der Waals surface area contributed by atoms with E-state index < -0.39 is 10.0 Å². The molecule has 0 spiro atoms. The number of sulfonamides is 1.